The number of benzene rings is 1. The average molecular weight is 406 g/mol. The summed E-state index contributed by atoms with van der Waals surface area (Å²) in [5.41, 5.74) is 5.31. The molecule has 128 valence electrons. The van der Waals surface area contributed by atoms with Crippen LogP contribution in [0.3, 0.4) is 0 Å². The van der Waals surface area contributed by atoms with Crippen molar-refractivity contribution in [1.29, 1.82) is 0 Å². The molecule has 1 aromatic carbocycles. The first kappa shape index (κ1) is 18.4. The van der Waals surface area contributed by atoms with Crippen LogP contribution in [0.2, 0.25) is 0 Å². The van der Waals surface area contributed by atoms with Gasteiger partial charge in [0.2, 0.25) is 0 Å². The average Bonchev–Trinajstić information content (AvgIpc) is 2.46. The SMILES string of the molecule is CC1(C)C(N)=N[C@](C)(c2cc(Br)ccc2F)CS1(=O)=NCCO. The molecule has 1 unspecified atom stereocenters. The number of aliphatic hydroxyl groups is 1. The van der Waals surface area contributed by atoms with Crippen LogP contribution in [-0.4, -0.2) is 38.8 Å². The Kier molecular flexibility index (Phi) is 4.90. The molecular weight excluding hydrogens is 385 g/mol. The quantitative estimate of drug-likeness (QED) is 0.808. The molecule has 2 atom stereocenters. The molecule has 5 nitrogen and oxygen atoms in total. The lowest BCUT2D eigenvalue weighted by atomic mass is 9.93. The van der Waals surface area contributed by atoms with E-state index in [4.69, 9.17) is 10.8 Å². The number of aliphatic imine (C=N–C) groups is 1. The number of halogens is 2. The minimum atomic E-state index is -2.84. The number of aliphatic hydroxyl groups excluding tert-OH is 1. The van der Waals surface area contributed by atoms with E-state index in [0.717, 1.165) is 0 Å². The van der Waals surface area contributed by atoms with Crippen molar-refractivity contribution in [3.63, 3.8) is 0 Å². The van der Waals surface area contributed by atoms with Crippen molar-refractivity contribution >= 4 is 31.5 Å². The highest BCUT2D eigenvalue weighted by Gasteiger charge is 2.47. The van der Waals surface area contributed by atoms with Crippen LogP contribution in [0.1, 0.15) is 26.3 Å². The van der Waals surface area contributed by atoms with Gasteiger partial charge < -0.3 is 10.8 Å². The van der Waals surface area contributed by atoms with Gasteiger partial charge in [-0.05, 0) is 39.0 Å². The third-order valence-electron chi connectivity index (χ3n) is 4.17. The monoisotopic (exact) mass is 405 g/mol. The second kappa shape index (κ2) is 6.14. The lowest BCUT2D eigenvalue weighted by Crippen LogP contribution is -2.55. The summed E-state index contributed by atoms with van der Waals surface area (Å²) in [4.78, 5) is 4.47. The maximum atomic E-state index is 14.3. The molecule has 0 aromatic heterocycles. The van der Waals surface area contributed by atoms with Gasteiger partial charge in [0.15, 0.2) is 0 Å². The summed E-state index contributed by atoms with van der Waals surface area (Å²) in [6.45, 7) is 4.98. The van der Waals surface area contributed by atoms with E-state index in [1.165, 1.54) is 6.07 Å². The highest BCUT2D eigenvalue weighted by molar-refractivity contribution is 9.10. The molecule has 0 saturated heterocycles. The van der Waals surface area contributed by atoms with E-state index in [1.54, 1.807) is 32.9 Å². The Labute approximate surface area is 144 Å². The summed E-state index contributed by atoms with van der Waals surface area (Å²) in [7, 11) is -2.84. The van der Waals surface area contributed by atoms with E-state index in [0.29, 0.717) is 10.0 Å². The normalized spacial score (nSPS) is 29.9. The molecule has 2 rings (SSSR count). The van der Waals surface area contributed by atoms with Crippen molar-refractivity contribution in [1.82, 2.24) is 0 Å². The number of nitrogens with zero attached hydrogens (tertiary/aromatic N) is 2. The predicted octanol–water partition coefficient (Wildman–Crippen LogP) is 2.41. The van der Waals surface area contributed by atoms with Gasteiger partial charge >= 0.3 is 0 Å². The van der Waals surface area contributed by atoms with Crippen LogP contribution < -0.4 is 5.73 Å². The maximum Gasteiger partial charge on any atom is 0.128 e. The number of hydrogen-bond donors (Lipinski definition) is 2. The molecule has 0 bridgehead atoms. The van der Waals surface area contributed by atoms with Crippen LogP contribution in [0.15, 0.2) is 32.0 Å². The Hall–Kier alpha value is -0.990. The summed E-state index contributed by atoms with van der Waals surface area (Å²) in [6, 6.07) is 4.55. The third kappa shape index (κ3) is 3.16. The van der Waals surface area contributed by atoms with Crippen LogP contribution >= 0.6 is 15.9 Å². The minimum absolute atomic E-state index is 0.0427. The third-order valence-corrected chi connectivity index (χ3v) is 8.02. The van der Waals surface area contributed by atoms with E-state index in [9.17, 15) is 8.60 Å². The molecule has 3 N–H and O–H groups in total. The molecule has 8 heteroatoms. The summed E-state index contributed by atoms with van der Waals surface area (Å²) in [5.74, 6) is -0.214. The van der Waals surface area contributed by atoms with Gasteiger partial charge in [0.1, 0.15) is 21.9 Å². The first-order valence-corrected chi connectivity index (χ1v) is 9.66. The van der Waals surface area contributed by atoms with Gasteiger partial charge in [-0.15, -0.1) is 0 Å². The van der Waals surface area contributed by atoms with Gasteiger partial charge in [-0.1, -0.05) is 15.9 Å². The van der Waals surface area contributed by atoms with Crippen molar-refractivity contribution in [3.8, 4) is 0 Å². The van der Waals surface area contributed by atoms with E-state index in [2.05, 4.69) is 25.3 Å². The lowest BCUT2D eigenvalue weighted by Gasteiger charge is -2.40. The van der Waals surface area contributed by atoms with Gasteiger partial charge in [0.25, 0.3) is 0 Å². The molecule has 0 aliphatic carbocycles. The van der Waals surface area contributed by atoms with E-state index >= 15 is 0 Å². The van der Waals surface area contributed by atoms with Crippen molar-refractivity contribution < 1.29 is 13.7 Å². The molecule has 1 aliphatic rings. The summed E-state index contributed by atoms with van der Waals surface area (Å²) in [5, 5.41) is 9.03. The smallest absolute Gasteiger partial charge is 0.128 e. The topological polar surface area (TPSA) is 88.0 Å². The number of amidine groups is 1. The summed E-state index contributed by atoms with van der Waals surface area (Å²) < 4.78 is 31.7. The van der Waals surface area contributed by atoms with Crippen LogP contribution in [0.4, 0.5) is 4.39 Å². The first-order valence-electron chi connectivity index (χ1n) is 7.18. The molecule has 0 radical (unpaired) electrons. The van der Waals surface area contributed by atoms with E-state index < -0.39 is 25.8 Å². The number of hydrogen-bond acceptors (Lipinski definition) is 5. The molecule has 1 aromatic rings. The second-order valence-electron chi connectivity index (χ2n) is 6.27. The van der Waals surface area contributed by atoms with Gasteiger partial charge in [-0.3, -0.25) is 4.99 Å². The van der Waals surface area contributed by atoms with Gasteiger partial charge in [0, 0.05) is 10.0 Å². The van der Waals surface area contributed by atoms with Crippen molar-refractivity contribution in [2.45, 2.75) is 31.1 Å². The Morgan fingerprint density at radius 1 is 1.48 bits per heavy atom. The Bertz CT molecular complexity index is 772. The van der Waals surface area contributed by atoms with Crippen molar-refractivity contribution in [3.05, 3.63) is 34.1 Å². The first-order chi connectivity index (χ1) is 10.6. The summed E-state index contributed by atoms with van der Waals surface area (Å²) >= 11 is 3.32. The largest absolute Gasteiger partial charge is 0.394 e. The fraction of sp³-hybridized carbons (Fsp3) is 0.533. The van der Waals surface area contributed by atoms with Crippen molar-refractivity contribution in [2.75, 3.05) is 18.9 Å². The maximum absolute atomic E-state index is 14.3. The number of nitrogens with two attached hydrogens (primary N) is 1. The fourth-order valence-electron chi connectivity index (χ4n) is 2.60. The van der Waals surface area contributed by atoms with Crippen LogP contribution in [0.5, 0.6) is 0 Å². The molecule has 23 heavy (non-hydrogen) atoms. The number of rotatable bonds is 3. The molecule has 0 amide bonds. The molecule has 0 fully saturated rings. The zero-order valence-corrected chi connectivity index (χ0v) is 15.7. The van der Waals surface area contributed by atoms with E-state index in [-0.39, 0.29) is 24.7 Å². The molecular formula is C15H21BrFN3O2S. The minimum Gasteiger partial charge on any atom is -0.394 e. The Morgan fingerprint density at radius 3 is 2.74 bits per heavy atom. The Balaban J connectivity index is 2.68. The zero-order chi connectivity index (χ0) is 17.5. The second-order valence-corrected chi connectivity index (χ2v) is 10.0. The van der Waals surface area contributed by atoms with Gasteiger partial charge in [-0.2, -0.15) is 0 Å². The fourth-order valence-corrected chi connectivity index (χ4v) is 5.47. The lowest BCUT2D eigenvalue weighted by molar-refractivity contribution is 0.307. The van der Waals surface area contributed by atoms with Crippen LogP contribution in [0.25, 0.3) is 0 Å². The van der Waals surface area contributed by atoms with Crippen molar-refractivity contribution in [2.24, 2.45) is 15.1 Å². The predicted molar refractivity (Wildman–Crippen MR) is 94.5 cm³/mol. The highest BCUT2D eigenvalue weighted by atomic mass is 79.9. The molecule has 1 aliphatic heterocycles. The summed E-state index contributed by atoms with van der Waals surface area (Å²) in [6.07, 6.45) is 0. The van der Waals surface area contributed by atoms with Crippen LogP contribution in [0, 0.1) is 5.82 Å². The highest BCUT2D eigenvalue weighted by Crippen LogP contribution is 2.39. The van der Waals surface area contributed by atoms with Crippen LogP contribution in [-0.2, 0) is 15.3 Å². The Morgan fingerprint density at radius 2 is 2.13 bits per heavy atom. The zero-order valence-electron chi connectivity index (χ0n) is 13.3. The van der Waals surface area contributed by atoms with Gasteiger partial charge in [-0.25, -0.2) is 13.0 Å². The van der Waals surface area contributed by atoms with E-state index in [1.807, 2.05) is 0 Å². The molecule has 1 heterocycles. The van der Waals surface area contributed by atoms with Gasteiger partial charge in [0.05, 0.1) is 28.6 Å². The standard InChI is InChI=1S/C15H21BrFN3O2S/c1-14(2)13(18)20-15(3,9-23(14,22)19-6-7-21)11-8-10(16)4-5-12(11)17/h4-5,8,21H,6-7,9H2,1-3H3,(H2,18,20)/t15-,23?/m0/s1. The molecule has 0 saturated carbocycles. The molecule has 0 spiro atoms.